The minimum atomic E-state index is -2.26. The Morgan fingerprint density at radius 2 is 1.08 bits per heavy atom. The van der Waals surface area contributed by atoms with Gasteiger partial charge in [0.1, 0.15) is 11.5 Å². The van der Waals surface area contributed by atoms with E-state index in [0.29, 0.717) is 0 Å². The van der Waals surface area contributed by atoms with Crippen LogP contribution in [-0.4, -0.2) is 22.7 Å². The summed E-state index contributed by atoms with van der Waals surface area (Å²) in [5.74, 6) is 0. The van der Waals surface area contributed by atoms with Crippen molar-refractivity contribution in [1.82, 2.24) is 0 Å². The van der Waals surface area contributed by atoms with Crippen molar-refractivity contribution in [2.24, 2.45) is 0 Å². The minimum Gasteiger partial charge on any atom is -0.409 e. The van der Waals surface area contributed by atoms with E-state index in [9.17, 15) is 5.26 Å². The molecule has 3 aromatic rings. The summed E-state index contributed by atoms with van der Waals surface area (Å²) >= 11 is 0. The Bertz CT molecular complexity index is 1100. The molecule has 0 saturated heterocycles. The molecule has 0 aliphatic rings. The number of rotatable bonds is 9. The molecule has 0 heterocycles. The lowest BCUT2D eigenvalue weighted by Gasteiger charge is -2.47. The van der Waals surface area contributed by atoms with Gasteiger partial charge in [0, 0.05) is 0 Å². The largest absolute Gasteiger partial charge is 0.409 e. The van der Waals surface area contributed by atoms with Gasteiger partial charge in [0.25, 0.3) is 0 Å². The van der Waals surface area contributed by atoms with Gasteiger partial charge in [-0.3, -0.25) is 0 Å². The zero-order valence-electron chi connectivity index (χ0n) is 23.1. The monoisotopic (exact) mass is 515 g/mol. The van der Waals surface area contributed by atoms with Crippen LogP contribution >= 0.6 is 0 Å². The summed E-state index contributed by atoms with van der Waals surface area (Å²) in [6, 6.07) is 33.3. The fraction of sp³-hybridized carbons (Fsp3) is 0.387. The molecule has 36 heavy (non-hydrogen) atoms. The SMILES string of the molecule is CC(C)(C)[Si](C)(C)O[C@@H](c1ccccc1)[C@@H](O[Si](C)(C)C)C(C#N)(c1ccccc1)c1ccccc1. The van der Waals surface area contributed by atoms with Crippen LogP contribution in [0, 0.1) is 11.3 Å². The lowest BCUT2D eigenvalue weighted by atomic mass is 9.69. The molecular weight excluding hydrogens is 475 g/mol. The van der Waals surface area contributed by atoms with Crippen molar-refractivity contribution >= 4 is 16.6 Å². The normalized spacial score (nSPS) is 14.6. The highest BCUT2D eigenvalue weighted by molar-refractivity contribution is 6.74. The van der Waals surface area contributed by atoms with Crippen LogP contribution in [0.2, 0.25) is 37.8 Å². The van der Waals surface area contributed by atoms with E-state index in [2.05, 4.69) is 71.7 Å². The molecule has 0 aliphatic carbocycles. The lowest BCUT2D eigenvalue weighted by molar-refractivity contribution is 0.0120. The Morgan fingerprint density at radius 1 is 0.667 bits per heavy atom. The Labute approximate surface area is 220 Å². The Hall–Kier alpha value is -2.50. The highest BCUT2D eigenvalue weighted by atomic mass is 28.4. The van der Waals surface area contributed by atoms with E-state index in [4.69, 9.17) is 8.85 Å². The third-order valence-corrected chi connectivity index (χ3v) is 12.6. The van der Waals surface area contributed by atoms with Crippen LogP contribution < -0.4 is 0 Å². The van der Waals surface area contributed by atoms with Crippen molar-refractivity contribution in [3.05, 3.63) is 108 Å². The van der Waals surface area contributed by atoms with E-state index in [0.717, 1.165) is 16.7 Å². The number of hydrogen-bond acceptors (Lipinski definition) is 3. The molecule has 0 N–H and O–H groups in total. The summed E-state index contributed by atoms with van der Waals surface area (Å²) in [5.41, 5.74) is 1.81. The quantitative estimate of drug-likeness (QED) is 0.268. The molecule has 0 bridgehead atoms. The molecule has 0 saturated carbocycles. The van der Waals surface area contributed by atoms with Crippen molar-refractivity contribution in [3.63, 3.8) is 0 Å². The molecule has 0 spiro atoms. The zero-order valence-corrected chi connectivity index (χ0v) is 25.1. The van der Waals surface area contributed by atoms with E-state index < -0.39 is 34.3 Å². The number of benzene rings is 3. The van der Waals surface area contributed by atoms with Crippen molar-refractivity contribution in [3.8, 4) is 6.07 Å². The highest BCUT2D eigenvalue weighted by Crippen LogP contribution is 2.48. The van der Waals surface area contributed by atoms with Gasteiger partial charge in [-0.25, -0.2) is 0 Å². The average molecular weight is 516 g/mol. The first-order chi connectivity index (χ1) is 16.8. The predicted octanol–water partition coefficient (Wildman–Crippen LogP) is 8.48. The van der Waals surface area contributed by atoms with Gasteiger partial charge in [-0.1, -0.05) is 112 Å². The van der Waals surface area contributed by atoms with Gasteiger partial charge < -0.3 is 8.85 Å². The maximum absolute atomic E-state index is 11.1. The summed E-state index contributed by atoms with van der Waals surface area (Å²) in [4.78, 5) is 0. The van der Waals surface area contributed by atoms with E-state index in [1.54, 1.807) is 0 Å². The van der Waals surface area contributed by atoms with E-state index in [1.165, 1.54) is 0 Å². The summed E-state index contributed by atoms with van der Waals surface area (Å²) in [5, 5.41) is 11.1. The first kappa shape index (κ1) is 28.1. The second-order valence-corrected chi connectivity index (χ2v) is 21.2. The van der Waals surface area contributed by atoms with Crippen LogP contribution in [0.15, 0.2) is 91.0 Å². The molecule has 5 heteroatoms. The van der Waals surface area contributed by atoms with E-state index in [1.807, 2.05) is 78.9 Å². The van der Waals surface area contributed by atoms with E-state index in [-0.39, 0.29) is 5.04 Å². The van der Waals surface area contributed by atoms with Crippen molar-refractivity contribution in [1.29, 1.82) is 5.26 Å². The Kier molecular flexibility index (Phi) is 8.47. The molecule has 0 aromatic heterocycles. The molecule has 190 valence electrons. The maximum atomic E-state index is 11.1. The summed E-state index contributed by atoms with van der Waals surface area (Å²) in [6.45, 7) is 17.9. The predicted molar refractivity (Wildman–Crippen MR) is 155 cm³/mol. The molecule has 2 atom stereocenters. The van der Waals surface area contributed by atoms with Crippen LogP contribution in [0.25, 0.3) is 0 Å². The fourth-order valence-electron chi connectivity index (χ4n) is 4.29. The molecule has 0 unspecified atom stereocenters. The molecular formula is C31H41NO2Si2. The Balaban J connectivity index is 2.38. The smallest absolute Gasteiger partial charge is 0.193 e. The Morgan fingerprint density at radius 3 is 1.44 bits per heavy atom. The van der Waals surface area contributed by atoms with Crippen LogP contribution in [-0.2, 0) is 14.3 Å². The van der Waals surface area contributed by atoms with Gasteiger partial charge in [0.2, 0.25) is 0 Å². The highest BCUT2D eigenvalue weighted by Gasteiger charge is 2.52. The first-order valence-corrected chi connectivity index (χ1v) is 19.1. The zero-order chi connectivity index (χ0) is 26.6. The summed E-state index contributed by atoms with van der Waals surface area (Å²) in [6.07, 6.45) is -0.964. The van der Waals surface area contributed by atoms with Crippen LogP contribution in [0.1, 0.15) is 43.6 Å². The second kappa shape index (κ2) is 10.9. The maximum Gasteiger partial charge on any atom is 0.193 e. The van der Waals surface area contributed by atoms with Crippen molar-refractivity contribution < 1.29 is 8.85 Å². The number of hydrogen-bond donors (Lipinski definition) is 0. The summed E-state index contributed by atoms with van der Waals surface area (Å²) < 4.78 is 14.3. The molecule has 0 fully saturated rings. The van der Waals surface area contributed by atoms with Gasteiger partial charge in [0.05, 0.1) is 12.2 Å². The van der Waals surface area contributed by atoms with Crippen LogP contribution in [0.5, 0.6) is 0 Å². The molecule has 3 nitrogen and oxygen atoms in total. The van der Waals surface area contributed by atoms with Crippen molar-refractivity contribution in [2.75, 3.05) is 0 Å². The second-order valence-electron chi connectivity index (χ2n) is 12.0. The lowest BCUT2D eigenvalue weighted by Crippen LogP contribution is -2.53. The summed E-state index contributed by atoms with van der Waals surface area (Å²) in [7, 11) is -4.40. The molecule has 3 aromatic carbocycles. The minimum absolute atomic E-state index is 0.00145. The molecule has 3 rings (SSSR count). The van der Waals surface area contributed by atoms with Gasteiger partial charge in [-0.15, -0.1) is 0 Å². The van der Waals surface area contributed by atoms with Gasteiger partial charge >= 0.3 is 0 Å². The topological polar surface area (TPSA) is 42.2 Å². The van der Waals surface area contributed by atoms with Crippen LogP contribution in [0.3, 0.4) is 0 Å². The molecule has 0 aliphatic heterocycles. The average Bonchev–Trinajstić information content (AvgIpc) is 2.83. The van der Waals surface area contributed by atoms with E-state index >= 15 is 0 Å². The number of nitrogens with zero attached hydrogens (tertiary/aromatic N) is 1. The fourth-order valence-corrected chi connectivity index (χ4v) is 6.60. The molecule has 0 radical (unpaired) electrons. The van der Waals surface area contributed by atoms with Crippen LogP contribution in [0.4, 0.5) is 0 Å². The van der Waals surface area contributed by atoms with Crippen molar-refractivity contribution in [2.45, 2.75) is 76.2 Å². The first-order valence-electron chi connectivity index (χ1n) is 12.7. The van der Waals surface area contributed by atoms with Gasteiger partial charge in [-0.2, -0.15) is 5.26 Å². The number of nitriles is 1. The van der Waals surface area contributed by atoms with Gasteiger partial charge in [-0.05, 0) is 54.5 Å². The third kappa shape index (κ3) is 6.07. The third-order valence-electron chi connectivity index (χ3n) is 7.17. The standard InChI is InChI=1S/C31H41NO2Si2/c1-30(2,3)36(7,8)33-28(25-18-12-9-13-19-25)29(34-35(4,5)6)31(24-32,26-20-14-10-15-21-26)27-22-16-11-17-23-27/h9-23,28-29H,1-8H3/t28-,29+/m0/s1. The van der Waals surface area contributed by atoms with Gasteiger partial charge in [0.15, 0.2) is 16.6 Å². The molecule has 0 amide bonds.